The van der Waals surface area contributed by atoms with Gasteiger partial charge in [0.25, 0.3) is 0 Å². The molecule has 2 saturated carbocycles. The quantitative estimate of drug-likeness (QED) is 0.491. The van der Waals surface area contributed by atoms with Gasteiger partial charge in [0.15, 0.2) is 0 Å². The highest BCUT2D eigenvalue weighted by molar-refractivity contribution is 5.68. The van der Waals surface area contributed by atoms with Crippen LogP contribution >= 0.6 is 0 Å². The molecule has 1 aromatic carbocycles. The van der Waals surface area contributed by atoms with Crippen LogP contribution in [0.1, 0.15) is 85.3 Å². The van der Waals surface area contributed by atoms with E-state index in [0.29, 0.717) is 0 Å². The lowest BCUT2D eigenvalue weighted by Gasteiger charge is -2.44. The van der Waals surface area contributed by atoms with Gasteiger partial charge in [0.2, 0.25) is 0 Å². The van der Waals surface area contributed by atoms with Gasteiger partial charge in [0, 0.05) is 0 Å². The predicted molar refractivity (Wildman–Crippen MR) is 110 cm³/mol. The Balaban J connectivity index is 0.000000671. The maximum Gasteiger partial charge on any atom is -0.0189 e. The van der Waals surface area contributed by atoms with E-state index in [1.165, 1.54) is 36.8 Å². The van der Waals surface area contributed by atoms with Gasteiger partial charge in [-0.1, -0.05) is 76.9 Å². The van der Waals surface area contributed by atoms with Crippen LogP contribution in [0.2, 0.25) is 0 Å². The molecule has 136 valence electrons. The molecule has 1 aromatic rings. The van der Waals surface area contributed by atoms with Crippen molar-refractivity contribution >= 4 is 5.57 Å². The SMILES string of the molecule is C/C(=C1/C(C)CC2CC(C)CC1C2)c1cccc(C)c1.CC.CC. The summed E-state index contributed by atoms with van der Waals surface area (Å²) in [5.74, 6) is 3.55. The van der Waals surface area contributed by atoms with Gasteiger partial charge >= 0.3 is 0 Å². The number of benzene rings is 1. The van der Waals surface area contributed by atoms with Crippen LogP contribution < -0.4 is 0 Å². The standard InChI is InChI=1S/C20H28.2C2H6/c1-13-6-5-7-18(9-13)16(4)20-15(3)11-17-8-14(2)10-19(20)12-17;2*1-2/h5-7,9,14-15,17,19H,8,10-12H2,1-4H3;2*1-2H3/b20-16+;;. The maximum absolute atomic E-state index is 2.46. The van der Waals surface area contributed by atoms with Crippen molar-refractivity contribution in [1.82, 2.24) is 0 Å². The molecule has 24 heavy (non-hydrogen) atoms. The summed E-state index contributed by atoms with van der Waals surface area (Å²) in [5.41, 5.74) is 6.17. The molecule has 3 rings (SSSR count). The predicted octanol–water partition coefficient (Wildman–Crippen LogP) is 7.91. The lowest BCUT2D eigenvalue weighted by molar-refractivity contribution is 0.163. The molecule has 0 heterocycles. The Labute approximate surface area is 151 Å². The molecule has 2 aliphatic carbocycles. The van der Waals surface area contributed by atoms with Gasteiger partial charge in [0.05, 0.1) is 0 Å². The van der Waals surface area contributed by atoms with E-state index in [1.807, 2.05) is 27.7 Å². The third kappa shape index (κ3) is 4.98. The van der Waals surface area contributed by atoms with E-state index in [9.17, 15) is 0 Å². The summed E-state index contributed by atoms with van der Waals surface area (Å²) in [7, 11) is 0. The zero-order valence-corrected chi connectivity index (χ0v) is 17.4. The summed E-state index contributed by atoms with van der Waals surface area (Å²) in [4.78, 5) is 0. The lowest BCUT2D eigenvalue weighted by Crippen LogP contribution is -2.32. The van der Waals surface area contributed by atoms with Crippen molar-refractivity contribution in [3.8, 4) is 0 Å². The number of allylic oxidation sites excluding steroid dienone is 2. The van der Waals surface area contributed by atoms with Crippen molar-refractivity contribution in [2.75, 3.05) is 0 Å². The molecule has 2 bridgehead atoms. The first-order chi connectivity index (χ1) is 11.5. The Bertz CT molecular complexity index is 519. The summed E-state index contributed by atoms with van der Waals surface area (Å²) in [6.45, 7) is 17.5. The highest BCUT2D eigenvalue weighted by atomic mass is 14.4. The Morgan fingerprint density at radius 3 is 2.21 bits per heavy atom. The molecule has 4 atom stereocenters. The molecule has 0 heteroatoms. The lowest BCUT2D eigenvalue weighted by atomic mass is 9.62. The van der Waals surface area contributed by atoms with E-state index >= 15 is 0 Å². The molecule has 4 unspecified atom stereocenters. The summed E-state index contributed by atoms with van der Waals surface area (Å²) in [6, 6.07) is 9.05. The average molecular weight is 329 g/mol. The highest BCUT2D eigenvalue weighted by Crippen LogP contribution is 2.49. The minimum absolute atomic E-state index is 0.784. The van der Waals surface area contributed by atoms with Crippen molar-refractivity contribution in [3.63, 3.8) is 0 Å². The molecular formula is C24H40. The molecule has 0 nitrogen and oxygen atoms in total. The van der Waals surface area contributed by atoms with E-state index in [1.54, 1.807) is 11.1 Å². The third-order valence-corrected chi connectivity index (χ3v) is 5.58. The van der Waals surface area contributed by atoms with E-state index in [2.05, 4.69) is 52.0 Å². The van der Waals surface area contributed by atoms with Crippen LogP contribution in [0.25, 0.3) is 5.57 Å². The molecule has 0 aromatic heterocycles. The molecule has 0 saturated heterocycles. The van der Waals surface area contributed by atoms with Gasteiger partial charge < -0.3 is 0 Å². The normalized spacial score (nSPS) is 30.3. The molecule has 0 amide bonds. The van der Waals surface area contributed by atoms with E-state index in [4.69, 9.17) is 0 Å². The van der Waals surface area contributed by atoms with Gasteiger partial charge in [0.1, 0.15) is 0 Å². The van der Waals surface area contributed by atoms with Crippen LogP contribution in [-0.4, -0.2) is 0 Å². The van der Waals surface area contributed by atoms with Crippen LogP contribution in [0.3, 0.4) is 0 Å². The summed E-state index contributed by atoms with van der Waals surface area (Å²) >= 11 is 0. The van der Waals surface area contributed by atoms with Gasteiger partial charge in [-0.25, -0.2) is 0 Å². The van der Waals surface area contributed by atoms with Gasteiger partial charge in [-0.15, -0.1) is 0 Å². The number of hydrogen-bond acceptors (Lipinski definition) is 0. The fraction of sp³-hybridized carbons (Fsp3) is 0.667. The second kappa shape index (κ2) is 10.1. The van der Waals surface area contributed by atoms with Gasteiger partial charge in [-0.2, -0.15) is 0 Å². The van der Waals surface area contributed by atoms with E-state index in [-0.39, 0.29) is 0 Å². The molecule has 0 radical (unpaired) electrons. The minimum Gasteiger partial charge on any atom is -0.0683 e. The molecule has 2 fully saturated rings. The largest absolute Gasteiger partial charge is 0.0683 e. The van der Waals surface area contributed by atoms with Crippen LogP contribution in [0.5, 0.6) is 0 Å². The summed E-state index contributed by atoms with van der Waals surface area (Å²) in [6.07, 6.45) is 5.75. The van der Waals surface area contributed by atoms with Crippen LogP contribution in [-0.2, 0) is 0 Å². The van der Waals surface area contributed by atoms with Crippen molar-refractivity contribution in [3.05, 3.63) is 41.0 Å². The zero-order chi connectivity index (χ0) is 18.3. The number of fused-ring (bicyclic) bond motifs is 2. The number of rotatable bonds is 1. The summed E-state index contributed by atoms with van der Waals surface area (Å²) < 4.78 is 0. The molecule has 2 aliphatic rings. The second-order valence-electron chi connectivity index (χ2n) is 7.46. The Hall–Kier alpha value is -1.04. The maximum atomic E-state index is 2.46. The third-order valence-electron chi connectivity index (χ3n) is 5.58. The number of hydrogen-bond donors (Lipinski definition) is 0. The second-order valence-corrected chi connectivity index (χ2v) is 7.46. The monoisotopic (exact) mass is 328 g/mol. The Morgan fingerprint density at radius 1 is 0.917 bits per heavy atom. The number of aryl methyl sites for hydroxylation is 1. The molecule has 0 N–H and O–H groups in total. The Morgan fingerprint density at radius 2 is 1.58 bits per heavy atom. The first-order valence-corrected chi connectivity index (χ1v) is 10.3. The van der Waals surface area contributed by atoms with Gasteiger partial charge in [-0.05, 0) is 74.3 Å². The van der Waals surface area contributed by atoms with Crippen molar-refractivity contribution in [2.45, 2.75) is 81.1 Å². The van der Waals surface area contributed by atoms with Crippen LogP contribution in [0, 0.1) is 30.6 Å². The molecular weight excluding hydrogens is 288 g/mol. The zero-order valence-electron chi connectivity index (χ0n) is 17.4. The smallest absolute Gasteiger partial charge is 0.0189 e. The van der Waals surface area contributed by atoms with E-state index in [0.717, 1.165) is 23.7 Å². The van der Waals surface area contributed by atoms with E-state index < -0.39 is 0 Å². The van der Waals surface area contributed by atoms with Gasteiger partial charge in [-0.3, -0.25) is 0 Å². The fourth-order valence-electron chi connectivity index (χ4n) is 4.94. The first kappa shape index (κ1) is 21.0. The van der Waals surface area contributed by atoms with Crippen LogP contribution in [0.15, 0.2) is 29.8 Å². The van der Waals surface area contributed by atoms with Crippen LogP contribution in [0.4, 0.5) is 0 Å². The van der Waals surface area contributed by atoms with Crippen molar-refractivity contribution in [1.29, 1.82) is 0 Å². The Kier molecular flexibility index (Phi) is 8.81. The topological polar surface area (TPSA) is 0 Å². The van der Waals surface area contributed by atoms with Crippen molar-refractivity contribution in [2.24, 2.45) is 23.7 Å². The first-order valence-electron chi connectivity index (χ1n) is 10.3. The average Bonchev–Trinajstić information content (AvgIpc) is 2.57. The minimum atomic E-state index is 0.784. The fourth-order valence-corrected chi connectivity index (χ4v) is 4.94. The molecule has 0 aliphatic heterocycles. The highest BCUT2D eigenvalue weighted by Gasteiger charge is 2.37. The van der Waals surface area contributed by atoms with Crippen molar-refractivity contribution < 1.29 is 0 Å². The summed E-state index contributed by atoms with van der Waals surface area (Å²) in [5, 5.41) is 0. The molecule has 0 spiro atoms.